The lowest BCUT2D eigenvalue weighted by atomic mass is 9.93. The molecule has 6 nitrogen and oxygen atoms in total. The molecule has 9 heteroatoms. The van der Waals surface area contributed by atoms with Gasteiger partial charge in [-0.1, -0.05) is 102 Å². The van der Waals surface area contributed by atoms with Gasteiger partial charge < -0.3 is 5.32 Å². The van der Waals surface area contributed by atoms with Crippen LogP contribution in [0, 0.1) is 6.92 Å². The monoisotopic (exact) mass is 504 g/mol. The highest BCUT2D eigenvalue weighted by Gasteiger charge is 2.36. The molecule has 0 bridgehead atoms. The third-order valence-electron chi connectivity index (χ3n) is 4.94. The molecule has 0 spiro atoms. The minimum absolute atomic E-state index is 0.00957. The van der Waals surface area contributed by atoms with E-state index in [2.05, 4.69) is 10.0 Å². The van der Waals surface area contributed by atoms with E-state index in [0.29, 0.717) is 5.56 Å². The van der Waals surface area contributed by atoms with Crippen LogP contribution in [0.5, 0.6) is 0 Å². The summed E-state index contributed by atoms with van der Waals surface area (Å²) in [7, 11) is -4.13. The van der Waals surface area contributed by atoms with Crippen molar-refractivity contribution in [1.82, 2.24) is 10.0 Å². The first-order chi connectivity index (χ1) is 15.7. The molecular weight excluding hydrogens is 483 g/mol. The van der Waals surface area contributed by atoms with Crippen LogP contribution in [0.15, 0.2) is 89.8 Å². The van der Waals surface area contributed by atoms with E-state index in [-0.39, 0.29) is 10.5 Å². The molecule has 0 radical (unpaired) electrons. The van der Waals surface area contributed by atoms with E-state index in [1.54, 1.807) is 72.8 Å². The predicted octanol–water partition coefficient (Wildman–Crippen LogP) is 4.19. The van der Waals surface area contributed by atoms with Gasteiger partial charge in [0, 0.05) is 5.56 Å². The van der Waals surface area contributed by atoms with Crippen molar-refractivity contribution in [2.75, 3.05) is 0 Å². The molecule has 0 aliphatic rings. The summed E-state index contributed by atoms with van der Waals surface area (Å²) < 4.78 is 28.9. The molecule has 33 heavy (non-hydrogen) atoms. The first kappa shape index (κ1) is 24.9. The number of carbonyl (C=O) groups excluding carboxylic acids is 2. The van der Waals surface area contributed by atoms with Crippen LogP contribution >= 0.6 is 23.2 Å². The van der Waals surface area contributed by atoms with Crippen molar-refractivity contribution in [3.05, 3.63) is 102 Å². The number of rotatable bonds is 9. The third-order valence-corrected chi connectivity index (χ3v) is 6.80. The smallest absolute Gasteiger partial charge is 0.253 e. The number of sulfonamides is 1. The molecule has 0 aliphatic heterocycles. The van der Waals surface area contributed by atoms with Crippen molar-refractivity contribution >= 4 is 44.9 Å². The molecule has 0 heterocycles. The lowest BCUT2D eigenvalue weighted by Crippen LogP contribution is -2.51. The Kier molecular flexibility index (Phi) is 8.26. The number of Topliss-reactive ketones (excluding diaryl/α,β-unsaturated/α-hetero) is 1. The number of carbonyl (C=O) groups is 2. The maximum atomic E-state index is 13.5. The Morgan fingerprint density at radius 1 is 0.818 bits per heavy atom. The Morgan fingerprint density at radius 3 is 1.91 bits per heavy atom. The van der Waals surface area contributed by atoms with Crippen molar-refractivity contribution in [3.8, 4) is 0 Å². The summed E-state index contributed by atoms with van der Waals surface area (Å²) in [6, 6.07) is 20.5. The van der Waals surface area contributed by atoms with Crippen LogP contribution in [-0.4, -0.2) is 31.0 Å². The zero-order valence-electron chi connectivity index (χ0n) is 17.6. The molecule has 0 fully saturated rings. The summed E-state index contributed by atoms with van der Waals surface area (Å²) in [5, 5.41) is 2.62. The highest BCUT2D eigenvalue weighted by Crippen LogP contribution is 2.23. The lowest BCUT2D eigenvalue weighted by molar-refractivity contribution is -0.120. The second-order valence-electron chi connectivity index (χ2n) is 7.34. The molecule has 3 rings (SSSR count). The molecule has 0 aromatic heterocycles. The van der Waals surface area contributed by atoms with Crippen LogP contribution in [0.4, 0.5) is 0 Å². The molecule has 0 aliphatic carbocycles. The number of aryl methyl sites for hydroxylation is 1. The predicted molar refractivity (Wildman–Crippen MR) is 129 cm³/mol. The number of nitrogens with one attached hydrogen (secondary N) is 2. The normalized spacial score (nSPS) is 13.3. The van der Waals surface area contributed by atoms with E-state index in [4.69, 9.17) is 23.2 Å². The first-order valence-corrected chi connectivity index (χ1v) is 12.4. The Hall–Kier alpha value is -2.71. The number of hydrogen-bond acceptors (Lipinski definition) is 4. The van der Waals surface area contributed by atoms with Gasteiger partial charge in [0.2, 0.25) is 10.0 Å². The van der Waals surface area contributed by atoms with E-state index < -0.39 is 38.6 Å². The molecular formula is C24H22Cl2N2O4S. The van der Waals surface area contributed by atoms with Crippen molar-refractivity contribution in [2.45, 2.75) is 28.7 Å². The maximum absolute atomic E-state index is 13.5. The van der Waals surface area contributed by atoms with Gasteiger partial charge in [-0.3, -0.25) is 9.59 Å². The van der Waals surface area contributed by atoms with Gasteiger partial charge in [-0.05, 0) is 24.6 Å². The van der Waals surface area contributed by atoms with Crippen LogP contribution in [0.3, 0.4) is 0 Å². The fourth-order valence-corrected chi connectivity index (χ4v) is 4.58. The number of hydrogen-bond donors (Lipinski definition) is 2. The van der Waals surface area contributed by atoms with E-state index in [1.165, 1.54) is 12.1 Å². The minimum Gasteiger partial charge on any atom is -0.345 e. The molecule has 0 unspecified atom stereocenters. The van der Waals surface area contributed by atoms with Gasteiger partial charge >= 0.3 is 0 Å². The summed E-state index contributed by atoms with van der Waals surface area (Å²) in [4.78, 5) is 24.5. The van der Waals surface area contributed by atoms with E-state index in [0.717, 1.165) is 5.56 Å². The number of halogens is 2. The van der Waals surface area contributed by atoms with Crippen molar-refractivity contribution < 1.29 is 18.0 Å². The summed E-state index contributed by atoms with van der Waals surface area (Å²) in [5.74, 6) is -1.28. The summed E-state index contributed by atoms with van der Waals surface area (Å²) in [6.07, 6.45) is 0. The molecule has 172 valence electrons. The van der Waals surface area contributed by atoms with E-state index in [9.17, 15) is 18.0 Å². The zero-order chi connectivity index (χ0) is 24.0. The SMILES string of the molecule is Cc1ccc(S(=O)(=O)N[C@H](C(=O)c2ccccc2)[C@H](NC(=O)C(Cl)Cl)c2ccccc2)cc1. The molecule has 3 aromatic rings. The third kappa shape index (κ3) is 6.42. The number of amides is 1. The molecule has 1 amide bonds. The van der Waals surface area contributed by atoms with Gasteiger partial charge in [0.05, 0.1) is 10.9 Å². The van der Waals surface area contributed by atoms with Crippen LogP contribution in [0.25, 0.3) is 0 Å². The number of ketones is 1. The van der Waals surface area contributed by atoms with Gasteiger partial charge in [-0.25, -0.2) is 8.42 Å². The average Bonchev–Trinajstić information content (AvgIpc) is 2.82. The number of benzene rings is 3. The molecule has 2 atom stereocenters. The fraction of sp³-hybridized carbons (Fsp3) is 0.167. The van der Waals surface area contributed by atoms with E-state index >= 15 is 0 Å². The topological polar surface area (TPSA) is 92.3 Å². The second kappa shape index (κ2) is 10.9. The quantitative estimate of drug-likeness (QED) is 0.337. The lowest BCUT2D eigenvalue weighted by Gasteiger charge is -2.28. The average molecular weight is 505 g/mol. The van der Waals surface area contributed by atoms with Crippen LogP contribution < -0.4 is 10.0 Å². The van der Waals surface area contributed by atoms with Crippen LogP contribution in [0.1, 0.15) is 27.5 Å². The second-order valence-corrected chi connectivity index (χ2v) is 10.2. The van der Waals surface area contributed by atoms with Gasteiger partial charge in [-0.2, -0.15) is 4.72 Å². The standard InChI is InChI=1S/C24H22Cl2N2O4S/c1-16-12-14-19(15-13-16)33(31,32)28-21(22(29)18-10-6-3-7-11-18)20(27-24(30)23(25)26)17-8-4-2-5-9-17/h2-15,20-21,23,28H,1H3,(H,27,30)/t20-,21+/m1/s1. The highest BCUT2D eigenvalue weighted by molar-refractivity contribution is 7.89. The van der Waals surface area contributed by atoms with Gasteiger partial charge in [0.1, 0.15) is 6.04 Å². The van der Waals surface area contributed by atoms with Gasteiger partial charge in [0.15, 0.2) is 10.6 Å². The summed E-state index contributed by atoms with van der Waals surface area (Å²) >= 11 is 11.5. The van der Waals surface area contributed by atoms with Crippen molar-refractivity contribution in [3.63, 3.8) is 0 Å². The Morgan fingerprint density at radius 2 is 1.36 bits per heavy atom. The van der Waals surface area contributed by atoms with Gasteiger partial charge in [0.25, 0.3) is 5.91 Å². The van der Waals surface area contributed by atoms with Crippen LogP contribution in [0.2, 0.25) is 0 Å². The Labute approximate surface area is 203 Å². The van der Waals surface area contributed by atoms with Crippen molar-refractivity contribution in [2.24, 2.45) is 0 Å². The molecule has 0 saturated heterocycles. The first-order valence-electron chi connectivity index (χ1n) is 10.0. The fourth-order valence-electron chi connectivity index (χ4n) is 3.24. The van der Waals surface area contributed by atoms with E-state index in [1.807, 2.05) is 6.92 Å². The molecule has 3 aromatic carbocycles. The Balaban J connectivity index is 2.09. The Bertz CT molecular complexity index is 1200. The summed E-state index contributed by atoms with van der Waals surface area (Å²) in [5.41, 5.74) is 1.66. The van der Waals surface area contributed by atoms with Crippen molar-refractivity contribution in [1.29, 1.82) is 0 Å². The molecule has 2 N–H and O–H groups in total. The van der Waals surface area contributed by atoms with Gasteiger partial charge in [-0.15, -0.1) is 0 Å². The maximum Gasteiger partial charge on any atom is 0.253 e. The molecule has 0 saturated carbocycles. The largest absolute Gasteiger partial charge is 0.345 e. The minimum atomic E-state index is -4.13. The van der Waals surface area contributed by atoms with Crippen LogP contribution in [-0.2, 0) is 14.8 Å². The summed E-state index contributed by atoms with van der Waals surface area (Å²) in [6.45, 7) is 1.83. The number of alkyl halides is 2. The highest BCUT2D eigenvalue weighted by atomic mass is 35.5. The zero-order valence-corrected chi connectivity index (χ0v) is 19.9.